The lowest BCUT2D eigenvalue weighted by Crippen LogP contribution is -1.98. The summed E-state index contributed by atoms with van der Waals surface area (Å²) in [5, 5.41) is 9.81. The number of thioether (sulfide) groups is 1. The number of imidazole rings is 1. The zero-order valence-corrected chi connectivity index (χ0v) is 12.4. The summed E-state index contributed by atoms with van der Waals surface area (Å²) >= 11 is 7.40. The molecule has 0 radical (unpaired) electrons. The Morgan fingerprint density at radius 2 is 2.05 bits per heavy atom. The van der Waals surface area contributed by atoms with Crippen LogP contribution in [-0.4, -0.2) is 20.5 Å². The molecule has 3 rings (SSSR count). The van der Waals surface area contributed by atoms with E-state index in [0.29, 0.717) is 16.3 Å². The lowest BCUT2D eigenvalue weighted by Gasteiger charge is -2.03. The van der Waals surface area contributed by atoms with Gasteiger partial charge in [0.2, 0.25) is 0 Å². The summed E-state index contributed by atoms with van der Waals surface area (Å²) in [5.74, 6) is -0.316. The molecule has 0 aliphatic heterocycles. The summed E-state index contributed by atoms with van der Waals surface area (Å²) in [6, 6.07) is 10.6. The van der Waals surface area contributed by atoms with Gasteiger partial charge in [-0.05, 0) is 24.3 Å². The first kappa shape index (κ1) is 14.0. The van der Waals surface area contributed by atoms with Crippen LogP contribution in [0.3, 0.4) is 0 Å². The second-order valence-electron chi connectivity index (χ2n) is 4.44. The number of carbonyl (C=O) groups is 1. The van der Waals surface area contributed by atoms with E-state index in [1.165, 1.54) is 11.8 Å². The number of rotatable bonds is 4. The van der Waals surface area contributed by atoms with Crippen LogP contribution in [0.2, 0.25) is 5.02 Å². The van der Waals surface area contributed by atoms with Crippen LogP contribution in [0, 0.1) is 0 Å². The first-order chi connectivity index (χ1) is 10.1. The summed E-state index contributed by atoms with van der Waals surface area (Å²) in [6.07, 6.45) is 3.70. The van der Waals surface area contributed by atoms with Crippen LogP contribution in [0.15, 0.2) is 53.7 Å². The number of fused-ring (bicyclic) bond motifs is 1. The van der Waals surface area contributed by atoms with Gasteiger partial charge in [0, 0.05) is 23.0 Å². The van der Waals surface area contributed by atoms with Gasteiger partial charge in [-0.2, -0.15) is 0 Å². The highest BCUT2D eigenvalue weighted by molar-refractivity contribution is 7.98. The molecule has 0 unspecified atom stereocenters. The number of carboxylic acid groups (broad SMARTS) is 1. The molecule has 106 valence electrons. The van der Waals surface area contributed by atoms with E-state index in [2.05, 4.69) is 4.98 Å². The van der Waals surface area contributed by atoms with Crippen molar-refractivity contribution in [2.75, 3.05) is 0 Å². The fraction of sp³-hybridized carbons (Fsp3) is 0.0667. The van der Waals surface area contributed by atoms with Crippen molar-refractivity contribution < 1.29 is 9.90 Å². The molecule has 1 N–H and O–H groups in total. The summed E-state index contributed by atoms with van der Waals surface area (Å²) in [6.45, 7) is 0. The largest absolute Gasteiger partial charge is 0.478 e. The Morgan fingerprint density at radius 3 is 2.86 bits per heavy atom. The molecule has 0 fully saturated rings. The average molecular weight is 319 g/mol. The van der Waals surface area contributed by atoms with Crippen molar-refractivity contribution >= 4 is 35.0 Å². The number of nitrogens with zero attached hydrogens (tertiary/aromatic N) is 2. The Labute approximate surface area is 130 Å². The minimum Gasteiger partial charge on any atom is -0.478 e. The van der Waals surface area contributed by atoms with Crippen molar-refractivity contribution in [2.24, 2.45) is 0 Å². The van der Waals surface area contributed by atoms with E-state index >= 15 is 0 Å². The van der Waals surface area contributed by atoms with Gasteiger partial charge < -0.3 is 9.51 Å². The maximum atomic E-state index is 11.2. The first-order valence-corrected chi connectivity index (χ1v) is 7.58. The van der Waals surface area contributed by atoms with Crippen molar-refractivity contribution in [2.45, 2.75) is 10.6 Å². The summed E-state index contributed by atoms with van der Waals surface area (Å²) in [4.78, 5) is 16.4. The Balaban J connectivity index is 1.82. The quantitative estimate of drug-likeness (QED) is 0.739. The van der Waals surface area contributed by atoms with Gasteiger partial charge in [-0.15, -0.1) is 11.8 Å². The maximum Gasteiger partial charge on any atom is 0.336 e. The molecule has 0 atom stereocenters. The van der Waals surface area contributed by atoms with Crippen LogP contribution in [0.5, 0.6) is 0 Å². The number of carboxylic acids is 1. The predicted molar refractivity (Wildman–Crippen MR) is 83.2 cm³/mol. The van der Waals surface area contributed by atoms with E-state index in [-0.39, 0.29) is 0 Å². The van der Waals surface area contributed by atoms with Gasteiger partial charge in [-0.25, -0.2) is 9.78 Å². The van der Waals surface area contributed by atoms with Gasteiger partial charge in [0.1, 0.15) is 5.65 Å². The molecule has 0 saturated carbocycles. The van der Waals surface area contributed by atoms with Gasteiger partial charge in [0.05, 0.1) is 16.3 Å². The van der Waals surface area contributed by atoms with Crippen LogP contribution in [-0.2, 0) is 5.75 Å². The normalized spacial score (nSPS) is 10.9. The third kappa shape index (κ3) is 3.04. The Morgan fingerprint density at radius 1 is 1.24 bits per heavy atom. The zero-order chi connectivity index (χ0) is 14.8. The van der Waals surface area contributed by atoms with E-state index < -0.39 is 5.97 Å². The van der Waals surface area contributed by atoms with Crippen LogP contribution in [0.25, 0.3) is 5.65 Å². The molecule has 21 heavy (non-hydrogen) atoms. The van der Waals surface area contributed by atoms with Gasteiger partial charge in [0.15, 0.2) is 0 Å². The molecule has 1 aromatic carbocycles. The van der Waals surface area contributed by atoms with E-state index in [1.54, 1.807) is 30.5 Å². The number of aromatic carboxylic acids is 1. The number of hydrogen-bond donors (Lipinski definition) is 1. The van der Waals surface area contributed by atoms with Crippen molar-refractivity contribution in [3.05, 3.63) is 65.1 Å². The number of aromatic nitrogens is 2. The molecule has 4 nitrogen and oxygen atoms in total. The second-order valence-corrected chi connectivity index (χ2v) is 5.89. The predicted octanol–water partition coefficient (Wildman–Crippen LogP) is 3.98. The molecule has 2 heterocycles. The monoisotopic (exact) mass is 318 g/mol. The molecule has 2 aromatic heterocycles. The van der Waals surface area contributed by atoms with Gasteiger partial charge in [-0.3, -0.25) is 0 Å². The van der Waals surface area contributed by atoms with Crippen molar-refractivity contribution in [3.63, 3.8) is 0 Å². The lowest BCUT2D eigenvalue weighted by molar-refractivity contribution is 0.0693. The van der Waals surface area contributed by atoms with Crippen LogP contribution in [0.1, 0.15) is 16.1 Å². The van der Waals surface area contributed by atoms with E-state index in [0.717, 1.165) is 16.2 Å². The smallest absolute Gasteiger partial charge is 0.336 e. The number of halogens is 1. The highest BCUT2D eigenvalue weighted by atomic mass is 35.5. The molecule has 0 saturated heterocycles. The minimum atomic E-state index is -0.917. The van der Waals surface area contributed by atoms with Crippen molar-refractivity contribution in [1.29, 1.82) is 0 Å². The van der Waals surface area contributed by atoms with Crippen molar-refractivity contribution in [3.8, 4) is 0 Å². The minimum absolute atomic E-state index is 0.314. The van der Waals surface area contributed by atoms with Crippen LogP contribution in [0.4, 0.5) is 0 Å². The molecule has 6 heteroatoms. The van der Waals surface area contributed by atoms with Crippen LogP contribution >= 0.6 is 23.4 Å². The zero-order valence-electron chi connectivity index (χ0n) is 10.9. The van der Waals surface area contributed by atoms with Gasteiger partial charge in [-0.1, -0.05) is 23.7 Å². The second kappa shape index (κ2) is 5.79. The topological polar surface area (TPSA) is 54.6 Å². The fourth-order valence-electron chi connectivity index (χ4n) is 2.01. The van der Waals surface area contributed by atoms with E-state index in [9.17, 15) is 4.79 Å². The fourth-order valence-corrected chi connectivity index (χ4v) is 3.10. The standard InChI is InChI=1S/C15H11ClN2O2S/c16-10-5-6-14-17-11(8-18(14)7-10)9-21-13-4-2-1-3-12(13)15(19)20/h1-8H,9H2,(H,19,20). The van der Waals surface area contributed by atoms with E-state index in [4.69, 9.17) is 16.7 Å². The molecule has 0 amide bonds. The Hall–Kier alpha value is -1.98. The molecule has 0 bridgehead atoms. The SMILES string of the molecule is O=C(O)c1ccccc1SCc1cn2cc(Cl)ccc2n1. The molecule has 3 aromatic rings. The van der Waals surface area contributed by atoms with Crippen LogP contribution < -0.4 is 0 Å². The molecular formula is C15H11ClN2O2S. The highest BCUT2D eigenvalue weighted by Crippen LogP contribution is 2.26. The number of pyridine rings is 1. The molecular weight excluding hydrogens is 308 g/mol. The van der Waals surface area contributed by atoms with Gasteiger partial charge in [0.25, 0.3) is 0 Å². The average Bonchev–Trinajstić information content (AvgIpc) is 2.87. The molecule has 0 aliphatic carbocycles. The molecule has 0 aliphatic rings. The molecule has 0 spiro atoms. The third-order valence-corrected chi connectivity index (χ3v) is 4.29. The third-order valence-electron chi connectivity index (χ3n) is 2.96. The van der Waals surface area contributed by atoms with E-state index in [1.807, 2.05) is 22.7 Å². The Kier molecular flexibility index (Phi) is 3.86. The lowest BCUT2D eigenvalue weighted by atomic mass is 10.2. The summed E-state index contributed by atoms with van der Waals surface area (Å²) in [7, 11) is 0. The number of benzene rings is 1. The highest BCUT2D eigenvalue weighted by Gasteiger charge is 2.10. The van der Waals surface area contributed by atoms with Gasteiger partial charge >= 0.3 is 5.97 Å². The first-order valence-electron chi connectivity index (χ1n) is 6.22. The Bertz CT molecular complexity index is 816. The van der Waals surface area contributed by atoms with Crippen molar-refractivity contribution in [1.82, 2.24) is 9.38 Å². The summed E-state index contributed by atoms with van der Waals surface area (Å²) < 4.78 is 1.86. The maximum absolute atomic E-state index is 11.2. The summed E-state index contributed by atoms with van der Waals surface area (Å²) in [5.41, 5.74) is 2.01. The number of hydrogen-bond acceptors (Lipinski definition) is 3.